The summed E-state index contributed by atoms with van der Waals surface area (Å²) in [5, 5.41) is 13.0. The highest BCUT2D eigenvalue weighted by atomic mass is 32.1. The molecule has 1 aliphatic heterocycles. The molecule has 1 unspecified atom stereocenters. The molecule has 1 aromatic heterocycles. The molecule has 1 atom stereocenters. The summed E-state index contributed by atoms with van der Waals surface area (Å²) in [4.78, 5) is 10.5. The number of hydrogen-bond acceptors (Lipinski definition) is 6. The maximum absolute atomic E-state index is 8.73. The van der Waals surface area contributed by atoms with Crippen molar-refractivity contribution in [1.29, 1.82) is 0 Å². The molecule has 1 aliphatic rings. The largest absolute Gasteiger partial charge is 0.409 e. The van der Waals surface area contributed by atoms with Crippen molar-refractivity contribution in [3.63, 3.8) is 0 Å². The first-order valence-corrected chi connectivity index (χ1v) is 7.69. The van der Waals surface area contributed by atoms with Crippen LogP contribution in [0.1, 0.15) is 22.5 Å². The summed E-state index contributed by atoms with van der Waals surface area (Å²) in [7, 11) is 0. The molecule has 0 aliphatic carbocycles. The van der Waals surface area contributed by atoms with Crippen molar-refractivity contribution in [3.8, 4) is 0 Å². The normalized spacial score (nSPS) is 20.2. The van der Waals surface area contributed by atoms with Gasteiger partial charge in [0, 0.05) is 31.1 Å². The molecule has 0 bridgehead atoms. The molecule has 112 valence electrons. The molecule has 0 amide bonds. The Labute approximate surface area is 123 Å². The van der Waals surface area contributed by atoms with E-state index in [1.165, 1.54) is 9.88 Å². The third kappa shape index (κ3) is 3.47. The van der Waals surface area contributed by atoms with Gasteiger partial charge in [0.2, 0.25) is 0 Å². The van der Waals surface area contributed by atoms with Gasteiger partial charge in [-0.3, -0.25) is 9.80 Å². The van der Waals surface area contributed by atoms with E-state index in [1.54, 1.807) is 11.3 Å². The van der Waals surface area contributed by atoms with Crippen molar-refractivity contribution in [1.82, 2.24) is 14.8 Å². The fourth-order valence-corrected chi connectivity index (χ4v) is 3.35. The van der Waals surface area contributed by atoms with Crippen LogP contribution in [-0.2, 0) is 6.54 Å². The molecule has 1 fully saturated rings. The molecule has 3 N–H and O–H groups in total. The summed E-state index contributed by atoms with van der Waals surface area (Å²) < 4.78 is 0. The zero-order chi connectivity index (χ0) is 14.7. The van der Waals surface area contributed by atoms with Crippen LogP contribution in [0.2, 0.25) is 0 Å². The molecule has 0 saturated carbocycles. The van der Waals surface area contributed by atoms with Gasteiger partial charge in [-0.25, -0.2) is 4.98 Å². The van der Waals surface area contributed by atoms with Gasteiger partial charge in [-0.1, -0.05) is 5.16 Å². The maximum atomic E-state index is 8.73. The first kappa shape index (κ1) is 15.2. The lowest BCUT2D eigenvalue weighted by molar-refractivity contribution is 0.116. The molecular formula is C13H23N5OS. The highest BCUT2D eigenvalue weighted by molar-refractivity contribution is 7.11. The Balaban J connectivity index is 1.85. The molecule has 0 aromatic carbocycles. The Bertz CT molecular complexity index is 460. The van der Waals surface area contributed by atoms with Gasteiger partial charge in [-0.2, -0.15) is 0 Å². The van der Waals surface area contributed by atoms with Gasteiger partial charge < -0.3 is 10.9 Å². The summed E-state index contributed by atoms with van der Waals surface area (Å²) in [6.45, 7) is 10.9. The van der Waals surface area contributed by atoms with Crippen molar-refractivity contribution in [2.24, 2.45) is 10.9 Å². The molecule has 2 rings (SSSR count). The zero-order valence-corrected chi connectivity index (χ0v) is 13.2. The molecule has 1 saturated heterocycles. The second-order valence-electron chi connectivity index (χ2n) is 5.26. The van der Waals surface area contributed by atoms with Crippen molar-refractivity contribution >= 4 is 17.2 Å². The number of thiazole rings is 1. The lowest BCUT2D eigenvalue weighted by atomic mass is 10.2. The highest BCUT2D eigenvalue weighted by Gasteiger charge is 2.23. The molecule has 0 spiro atoms. The SMILES string of the molecule is Cc1nc(CN2CCN(C(C)C(N)=NO)CC2)sc1C. The number of piperazine rings is 1. The smallest absolute Gasteiger partial charge is 0.156 e. The van der Waals surface area contributed by atoms with Gasteiger partial charge in [0.15, 0.2) is 5.84 Å². The lowest BCUT2D eigenvalue weighted by Crippen LogP contribution is -2.52. The summed E-state index contributed by atoms with van der Waals surface area (Å²) in [5.41, 5.74) is 6.80. The van der Waals surface area contributed by atoms with E-state index in [4.69, 9.17) is 10.9 Å². The van der Waals surface area contributed by atoms with Crippen molar-refractivity contribution in [3.05, 3.63) is 15.6 Å². The second kappa shape index (κ2) is 6.51. The number of hydrogen-bond donors (Lipinski definition) is 2. The molecule has 0 radical (unpaired) electrons. The standard InChI is InChI=1S/C13H23N5OS/c1-9-11(3)20-12(15-9)8-17-4-6-18(7-5-17)10(2)13(14)16-19/h10,19H,4-8H2,1-3H3,(H2,14,16). The van der Waals surface area contributed by atoms with Crippen molar-refractivity contribution in [2.75, 3.05) is 26.2 Å². The van der Waals surface area contributed by atoms with Crippen LogP contribution in [0.25, 0.3) is 0 Å². The fraction of sp³-hybridized carbons (Fsp3) is 0.692. The van der Waals surface area contributed by atoms with E-state index >= 15 is 0 Å². The van der Waals surface area contributed by atoms with Crippen LogP contribution in [0.3, 0.4) is 0 Å². The number of rotatable bonds is 4. The minimum absolute atomic E-state index is 0.00787. The van der Waals surface area contributed by atoms with E-state index in [0.29, 0.717) is 0 Å². The number of nitrogens with two attached hydrogens (primary N) is 1. The minimum Gasteiger partial charge on any atom is -0.409 e. The van der Waals surface area contributed by atoms with Gasteiger partial charge in [0.25, 0.3) is 0 Å². The summed E-state index contributed by atoms with van der Waals surface area (Å²) >= 11 is 1.79. The molecule has 1 aromatic rings. The Kier molecular flexibility index (Phi) is 4.95. The lowest BCUT2D eigenvalue weighted by Gasteiger charge is -2.37. The first-order valence-electron chi connectivity index (χ1n) is 6.88. The highest BCUT2D eigenvalue weighted by Crippen LogP contribution is 2.19. The van der Waals surface area contributed by atoms with Gasteiger partial charge >= 0.3 is 0 Å². The van der Waals surface area contributed by atoms with Gasteiger partial charge in [-0.05, 0) is 20.8 Å². The maximum Gasteiger partial charge on any atom is 0.156 e. The van der Waals surface area contributed by atoms with Gasteiger partial charge in [0.1, 0.15) is 5.01 Å². The average molecular weight is 297 g/mol. The first-order chi connectivity index (χ1) is 9.51. The number of aromatic nitrogens is 1. The van der Waals surface area contributed by atoms with Crippen LogP contribution in [0.15, 0.2) is 5.16 Å². The van der Waals surface area contributed by atoms with Crippen LogP contribution in [-0.4, -0.2) is 58.0 Å². The van der Waals surface area contributed by atoms with E-state index in [1.807, 2.05) is 6.92 Å². The number of amidine groups is 1. The van der Waals surface area contributed by atoms with E-state index in [-0.39, 0.29) is 11.9 Å². The Morgan fingerprint density at radius 3 is 2.55 bits per heavy atom. The summed E-state index contributed by atoms with van der Waals surface area (Å²) in [5.74, 6) is 0.282. The van der Waals surface area contributed by atoms with E-state index in [9.17, 15) is 0 Å². The zero-order valence-electron chi connectivity index (χ0n) is 12.3. The average Bonchev–Trinajstić information content (AvgIpc) is 2.76. The Hall–Kier alpha value is -1.18. The third-order valence-corrected chi connectivity index (χ3v) is 4.99. The Morgan fingerprint density at radius 1 is 1.40 bits per heavy atom. The molecule has 20 heavy (non-hydrogen) atoms. The third-order valence-electron chi connectivity index (χ3n) is 3.93. The monoisotopic (exact) mass is 297 g/mol. The Morgan fingerprint density at radius 2 is 2.05 bits per heavy atom. The van der Waals surface area contributed by atoms with Crippen molar-refractivity contribution in [2.45, 2.75) is 33.4 Å². The van der Waals surface area contributed by atoms with Gasteiger partial charge in [0.05, 0.1) is 18.3 Å². The van der Waals surface area contributed by atoms with E-state index < -0.39 is 0 Å². The quantitative estimate of drug-likeness (QED) is 0.375. The topological polar surface area (TPSA) is 78.0 Å². The predicted molar refractivity (Wildman–Crippen MR) is 81.3 cm³/mol. The number of oxime groups is 1. The fourth-order valence-electron chi connectivity index (χ4n) is 2.38. The molecule has 2 heterocycles. The van der Waals surface area contributed by atoms with Crippen LogP contribution in [0.5, 0.6) is 0 Å². The summed E-state index contributed by atoms with van der Waals surface area (Å²) in [6.07, 6.45) is 0. The van der Waals surface area contributed by atoms with E-state index in [2.05, 4.69) is 33.8 Å². The van der Waals surface area contributed by atoms with E-state index in [0.717, 1.165) is 38.4 Å². The predicted octanol–water partition coefficient (Wildman–Crippen LogP) is 1.01. The summed E-state index contributed by atoms with van der Waals surface area (Å²) in [6, 6.07) is -0.00787. The molecule has 7 heteroatoms. The van der Waals surface area contributed by atoms with Crippen LogP contribution in [0, 0.1) is 13.8 Å². The van der Waals surface area contributed by atoms with Crippen LogP contribution < -0.4 is 5.73 Å². The second-order valence-corrected chi connectivity index (χ2v) is 6.55. The van der Waals surface area contributed by atoms with Crippen molar-refractivity contribution < 1.29 is 5.21 Å². The molecule has 6 nitrogen and oxygen atoms in total. The molecular weight excluding hydrogens is 274 g/mol. The number of aryl methyl sites for hydroxylation is 2. The number of nitrogens with zero attached hydrogens (tertiary/aromatic N) is 4. The van der Waals surface area contributed by atoms with Gasteiger partial charge in [-0.15, -0.1) is 11.3 Å². The minimum atomic E-state index is -0.00787. The van der Waals surface area contributed by atoms with Crippen LogP contribution >= 0.6 is 11.3 Å². The van der Waals surface area contributed by atoms with Crippen LogP contribution in [0.4, 0.5) is 0 Å².